The second kappa shape index (κ2) is 5.68. The van der Waals surface area contributed by atoms with E-state index in [4.69, 9.17) is 0 Å². The minimum absolute atomic E-state index is 0.930. The molecule has 0 saturated carbocycles. The van der Waals surface area contributed by atoms with Crippen molar-refractivity contribution < 1.29 is 0 Å². The van der Waals surface area contributed by atoms with Crippen molar-refractivity contribution in [2.24, 2.45) is 7.05 Å². The maximum absolute atomic E-state index is 4.35. The van der Waals surface area contributed by atoms with Gasteiger partial charge in [-0.25, -0.2) is 0 Å². The van der Waals surface area contributed by atoms with Gasteiger partial charge in [-0.1, -0.05) is 0 Å². The molecule has 2 aromatic heterocycles. The Morgan fingerprint density at radius 3 is 2.82 bits per heavy atom. The molecule has 0 aromatic carbocycles. The van der Waals surface area contributed by atoms with E-state index in [1.807, 2.05) is 17.9 Å². The predicted molar refractivity (Wildman–Crippen MR) is 68.7 cm³/mol. The summed E-state index contributed by atoms with van der Waals surface area (Å²) in [5, 5.41) is 7.78. The molecule has 0 amide bonds. The van der Waals surface area contributed by atoms with Crippen LogP contribution in [0.3, 0.4) is 0 Å². The molecule has 0 bridgehead atoms. The third-order valence-corrected chi connectivity index (χ3v) is 2.83. The fourth-order valence-electron chi connectivity index (χ4n) is 1.84. The Hall–Kier alpha value is -1.55. The molecule has 0 unspecified atom stereocenters. The highest BCUT2D eigenvalue weighted by Crippen LogP contribution is 2.01. The molecule has 0 radical (unpaired) electrons. The second-order valence-electron chi connectivity index (χ2n) is 4.26. The van der Waals surface area contributed by atoms with E-state index in [0.717, 1.165) is 31.7 Å². The minimum atomic E-state index is 0.930. The zero-order chi connectivity index (χ0) is 12.1. The Morgan fingerprint density at radius 2 is 2.18 bits per heavy atom. The molecule has 0 fully saturated rings. The van der Waals surface area contributed by atoms with Gasteiger partial charge in [-0.2, -0.15) is 5.10 Å². The Kier molecular flexibility index (Phi) is 3.98. The van der Waals surface area contributed by atoms with Crippen molar-refractivity contribution in [2.45, 2.75) is 26.4 Å². The van der Waals surface area contributed by atoms with Crippen LogP contribution in [0.1, 0.15) is 18.2 Å². The molecule has 0 aliphatic heterocycles. The number of aryl methyl sites for hydroxylation is 2. The van der Waals surface area contributed by atoms with Crippen molar-refractivity contribution in [3.05, 3.63) is 42.0 Å². The molecule has 2 rings (SSSR count). The molecule has 0 saturated heterocycles. The SMILES string of the molecule is CCn1ccc(CNCCc2ccn(C)n2)c1. The van der Waals surface area contributed by atoms with E-state index in [0.29, 0.717) is 0 Å². The highest BCUT2D eigenvalue weighted by Gasteiger charge is 1.98. The first-order chi connectivity index (χ1) is 8.28. The normalized spacial score (nSPS) is 10.9. The van der Waals surface area contributed by atoms with Crippen molar-refractivity contribution in [1.29, 1.82) is 0 Å². The number of hydrogen-bond acceptors (Lipinski definition) is 2. The van der Waals surface area contributed by atoms with Crippen LogP contribution in [0.4, 0.5) is 0 Å². The Labute approximate surface area is 102 Å². The summed E-state index contributed by atoms with van der Waals surface area (Å²) in [6, 6.07) is 4.23. The van der Waals surface area contributed by atoms with Gasteiger partial charge in [0.05, 0.1) is 5.69 Å². The highest BCUT2D eigenvalue weighted by molar-refractivity contribution is 5.09. The lowest BCUT2D eigenvalue weighted by Gasteiger charge is -2.01. The fourth-order valence-corrected chi connectivity index (χ4v) is 1.84. The molecule has 92 valence electrons. The summed E-state index contributed by atoms with van der Waals surface area (Å²) >= 11 is 0. The van der Waals surface area contributed by atoms with E-state index in [2.05, 4.69) is 46.4 Å². The lowest BCUT2D eigenvalue weighted by atomic mass is 10.3. The van der Waals surface area contributed by atoms with E-state index < -0.39 is 0 Å². The van der Waals surface area contributed by atoms with Crippen LogP contribution in [-0.4, -0.2) is 20.9 Å². The van der Waals surface area contributed by atoms with Crippen molar-refractivity contribution in [2.75, 3.05) is 6.54 Å². The molecule has 2 aromatic rings. The molecule has 0 aliphatic rings. The molecule has 17 heavy (non-hydrogen) atoms. The molecule has 0 aliphatic carbocycles. The summed E-state index contributed by atoms with van der Waals surface area (Å²) in [7, 11) is 1.95. The van der Waals surface area contributed by atoms with Gasteiger partial charge in [-0.05, 0) is 24.6 Å². The van der Waals surface area contributed by atoms with Gasteiger partial charge in [-0.15, -0.1) is 0 Å². The topological polar surface area (TPSA) is 34.8 Å². The molecule has 4 heteroatoms. The van der Waals surface area contributed by atoms with Crippen LogP contribution in [0.2, 0.25) is 0 Å². The van der Waals surface area contributed by atoms with Crippen molar-refractivity contribution in [1.82, 2.24) is 19.7 Å². The van der Waals surface area contributed by atoms with Gasteiger partial charge >= 0.3 is 0 Å². The summed E-state index contributed by atoms with van der Waals surface area (Å²) in [6.45, 7) is 5.08. The van der Waals surface area contributed by atoms with E-state index in [-0.39, 0.29) is 0 Å². The van der Waals surface area contributed by atoms with Crippen molar-refractivity contribution in [3.63, 3.8) is 0 Å². The summed E-state index contributed by atoms with van der Waals surface area (Å²) in [4.78, 5) is 0. The number of hydrogen-bond donors (Lipinski definition) is 1. The number of nitrogens with one attached hydrogen (secondary N) is 1. The maximum atomic E-state index is 4.35. The summed E-state index contributed by atoms with van der Waals surface area (Å²) in [6.07, 6.45) is 7.27. The van der Waals surface area contributed by atoms with Gasteiger partial charge in [0.15, 0.2) is 0 Å². The largest absolute Gasteiger partial charge is 0.354 e. The van der Waals surface area contributed by atoms with E-state index >= 15 is 0 Å². The average molecular weight is 232 g/mol. The van der Waals surface area contributed by atoms with Crippen LogP contribution in [0.25, 0.3) is 0 Å². The first kappa shape index (κ1) is 11.9. The van der Waals surface area contributed by atoms with Gasteiger partial charge in [0, 0.05) is 51.7 Å². The van der Waals surface area contributed by atoms with Crippen molar-refractivity contribution >= 4 is 0 Å². The van der Waals surface area contributed by atoms with Crippen LogP contribution >= 0.6 is 0 Å². The zero-order valence-electron chi connectivity index (χ0n) is 10.6. The first-order valence-electron chi connectivity index (χ1n) is 6.12. The molecule has 4 nitrogen and oxygen atoms in total. The lowest BCUT2D eigenvalue weighted by Crippen LogP contribution is -2.16. The Morgan fingerprint density at radius 1 is 1.29 bits per heavy atom. The number of nitrogens with zero attached hydrogens (tertiary/aromatic N) is 3. The van der Waals surface area contributed by atoms with Gasteiger partial charge in [-0.3, -0.25) is 4.68 Å². The number of rotatable bonds is 6. The van der Waals surface area contributed by atoms with Crippen LogP contribution in [0.5, 0.6) is 0 Å². The van der Waals surface area contributed by atoms with Gasteiger partial charge in [0.2, 0.25) is 0 Å². The smallest absolute Gasteiger partial charge is 0.0637 e. The summed E-state index contributed by atoms with van der Waals surface area (Å²) in [5.74, 6) is 0. The molecule has 0 spiro atoms. The maximum Gasteiger partial charge on any atom is 0.0637 e. The monoisotopic (exact) mass is 232 g/mol. The van der Waals surface area contributed by atoms with Gasteiger partial charge < -0.3 is 9.88 Å². The van der Waals surface area contributed by atoms with E-state index in [9.17, 15) is 0 Å². The second-order valence-corrected chi connectivity index (χ2v) is 4.26. The van der Waals surface area contributed by atoms with Crippen molar-refractivity contribution in [3.8, 4) is 0 Å². The van der Waals surface area contributed by atoms with Crippen LogP contribution < -0.4 is 5.32 Å². The third kappa shape index (κ3) is 3.46. The van der Waals surface area contributed by atoms with Gasteiger partial charge in [0.25, 0.3) is 0 Å². The highest BCUT2D eigenvalue weighted by atomic mass is 15.2. The quantitative estimate of drug-likeness (QED) is 0.767. The van der Waals surface area contributed by atoms with E-state index in [1.165, 1.54) is 5.56 Å². The summed E-state index contributed by atoms with van der Waals surface area (Å²) < 4.78 is 4.03. The Balaban J connectivity index is 1.69. The fraction of sp³-hybridized carbons (Fsp3) is 0.462. The van der Waals surface area contributed by atoms with Crippen LogP contribution in [0, 0.1) is 0 Å². The van der Waals surface area contributed by atoms with Crippen LogP contribution in [-0.2, 0) is 26.6 Å². The first-order valence-corrected chi connectivity index (χ1v) is 6.12. The van der Waals surface area contributed by atoms with E-state index in [1.54, 1.807) is 0 Å². The minimum Gasteiger partial charge on any atom is -0.354 e. The van der Waals surface area contributed by atoms with Gasteiger partial charge in [0.1, 0.15) is 0 Å². The average Bonchev–Trinajstić information content (AvgIpc) is 2.93. The third-order valence-electron chi connectivity index (χ3n) is 2.83. The molecule has 1 N–H and O–H groups in total. The van der Waals surface area contributed by atoms with Crippen LogP contribution in [0.15, 0.2) is 30.7 Å². The summed E-state index contributed by atoms with van der Waals surface area (Å²) in [5.41, 5.74) is 2.49. The molecule has 2 heterocycles. The predicted octanol–water partition coefficient (Wildman–Crippen LogP) is 1.57. The molecule has 0 atom stereocenters. The standard InChI is InChI=1S/C13H20N4/c1-3-17-9-5-12(11-17)10-14-7-4-13-6-8-16(2)15-13/h5-6,8-9,11,14H,3-4,7,10H2,1-2H3. The molecular weight excluding hydrogens is 212 g/mol. The Bertz CT molecular complexity index is 455. The lowest BCUT2D eigenvalue weighted by molar-refractivity contribution is 0.663. The zero-order valence-corrected chi connectivity index (χ0v) is 10.6. The number of aromatic nitrogens is 3. The molecular formula is C13H20N4.